The number of allylic oxidation sites excluding steroid dienone is 1. The molecule has 0 radical (unpaired) electrons. The van der Waals surface area contributed by atoms with Gasteiger partial charge >= 0.3 is 0 Å². The van der Waals surface area contributed by atoms with Crippen molar-refractivity contribution >= 4 is 34.2 Å². The van der Waals surface area contributed by atoms with E-state index in [0.29, 0.717) is 33.3 Å². The Balaban J connectivity index is 2.36. The minimum absolute atomic E-state index is 0.105. The highest BCUT2D eigenvalue weighted by atomic mass is 127. The quantitative estimate of drug-likeness (QED) is 0.214. The van der Waals surface area contributed by atoms with Crippen molar-refractivity contribution in [2.75, 3.05) is 20.3 Å². The van der Waals surface area contributed by atoms with Gasteiger partial charge in [-0.2, -0.15) is 0 Å². The average molecular weight is 522 g/mol. The molecular weight excluding hydrogens is 495 g/mol. The van der Waals surface area contributed by atoms with Crippen LogP contribution in [0.15, 0.2) is 66.3 Å². The van der Waals surface area contributed by atoms with E-state index in [9.17, 15) is 20.4 Å². The van der Waals surface area contributed by atoms with E-state index in [-0.39, 0.29) is 19.0 Å². The van der Waals surface area contributed by atoms with Crippen LogP contribution < -0.4 is 4.74 Å². The number of rotatable bonds is 10. The van der Waals surface area contributed by atoms with Crippen LogP contribution in [-0.4, -0.2) is 46.9 Å². The third-order valence-electron chi connectivity index (χ3n) is 4.71. The van der Waals surface area contributed by atoms with E-state index in [4.69, 9.17) is 4.74 Å². The molecule has 0 bridgehead atoms. The summed E-state index contributed by atoms with van der Waals surface area (Å²) in [6, 6.07) is 13.5. The van der Waals surface area contributed by atoms with Gasteiger partial charge in [0.1, 0.15) is 0 Å². The van der Waals surface area contributed by atoms with Crippen molar-refractivity contribution in [2.45, 2.75) is 18.9 Å². The van der Waals surface area contributed by atoms with Gasteiger partial charge in [-0.25, -0.2) is 0 Å². The molecule has 0 aromatic heterocycles. The molecule has 0 aliphatic heterocycles. The number of hydrogen-bond acceptors (Lipinski definition) is 5. The molecule has 0 saturated carbocycles. The predicted molar refractivity (Wildman–Crippen MR) is 128 cm³/mol. The minimum atomic E-state index is -0.863. The highest BCUT2D eigenvalue weighted by Gasteiger charge is 2.15. The van der Waals surface area contributed by atoms with E-state index in [1.807, 2.05) is 42.5 Å². The Morgan fingerprint density at radius 3 is 2.50 bits per heavy atom. The first-order valence-corrected chi connectivity index (χ1v) is 10.6. The molecule has 0 spiro atoms. The molecule has 0 amide bonds. The number of aromatic hydroxyl groups is 1. The Labute approximate surface area is 190 Å². The largest absolute Gasteiger partial charge is 0.504 e. The highest BCUT2D eigenvalue weighted by Crippen LogP contribution is 2.34. The maximum Gasteiger partial charge on any atom is 0.171 e. The number of phenolic OH excluding ortho intramolecular Hbond substituents is 1. The van der Waals surface area contributed by atoms with Crippen LogP contribution in [-0.2, 0) is 0 Å². The van der Waals surface area contributed by atoms with Crippen molar-refractivity contribution in [3.63, 3.8) is 0 Å². The Hall–Kier alpha value is -2.13. The lowest BCUT2D eigenvalue weighted by atomic mass is 9.93. The summed E-state index contributed by atoms with van der Waals surface area (Å²) in [6.45, 7) is 3.24. The molecule has 1 atom stereocenters. The van der Waals surface area contributed by atoms with E-state index >= 15 is 0 Å². The SMILES string of the molecule is C=C(CO)/C(=C/CO)C(O)CC/C(=C/c1cc(I)c(O)c(OC)c1)c1ccccc1. The Bertz CT molecular complexity index is 919. The van der Waals surface area contributed by atoms with E-state index in [1.165, 1.54) is 13.2 Å². The summed E-state index contributed by atoms with van der Waals surface area (Å²) in [5, 5.41) is 39.3. The molecule has 2 aromatic carbocycles. The zero-order chi connectivity index (χ0) is 22.1. The van der Waals surface area contributed by atoms with E-state index in [1.54, 1.807) is 6.07 Å². The van der Waals surface area contributed by atoms with Crippen molar-refractivity contribution < 1.29 is 25.2 Å². The van der Waals surface area contributed by atoms with Gasteiger partial charge in [0.2, 0.25) is 0 Å². The predicted octanol–water partition coefficient (Wildman–Crippen LogP) is 4.15. The number of hydrogen-bond donors (Lipinski definition) is 4. The molecule has 1 unspecified atom stereocenters. The topological polar surface area (TPSA) is 90.2 Å². The summed E-state index contributed by atoms with van der Waals surface area (Å²) < 4.78 is 5.94. The Morgan fingerprint density at radius 1 is 1.20 bits per heavy atom. The van der Waals surface area contributed by atoms with Crippen molar-refractivity contribution in [3.8, 4) is 11.5 Å². The molecule has 5 nitrogen and oxygen atoms in total. The number of benzene rings is 2. The molecule has 4 N–H and O–H groups in total. The lowest BCUT2D eigenvalue weighted by molar-refractivity contribution is 0.199. The van der Waals surface area contributed by atoms with Crippen LogP contribution in [0.1, 0.15) is 24.0 Å². The van der Waals surface area contributed by atoms with Gasteiger partial charge in [-0.3, -0.25) is 0 Å². The summed E-state index contributed by atoms with van der Waals surface area (Å²) in [5.74, 6) is 0.501. The van der Waals surface area contributed by atoms with Gasteiger partial charge < -0.3 is 25.2 Å². The number of phenols is 1. The van der Waals surface area contributed by atoms with Gasteiger partial charge in [-0.05, 0) is 75.4 Å². The highest BCUT2D eigenvalue weighted by molar-refractivity contribution is 14.1. The third kappa shape index (κ3) is 6.43. The average Bonchev–Trinajstić information content (AvgIpc) is 2.76. The summed E-state index contributed by atoms with van der Waals surface area (Å²) in [5.41, 5.74) is 3.72. The van der Waals surface area contributed by atoms with Gasteiger partial charge in [0.25, 0.3) is 0 Å². The van der Waals surface area contributed by atoms with Crippen LogP contribution in [0.3, 0.4) is 0 Å². The summed E-state index contributed by atoms with van der Waals surface area (Å²) in [4.78, 5) is 0. The zero-order valence-electron chi connectivity index (χ0n) is 16.9. The lowest BCUT2D eigenvalue weighted by Crippen LogP contribution is -2.14. The zero-order valence-corrected chi connectivity index (χ0v) is 19.0. The van der Waals surface area contributed by atoms with Crippen LogP contribution in [0.5, 0.6) is 11.5 Å². The third-order valence-corrected chi connectivity index (χ3v) is 5.53. The smallest absolute Gasteiger partial charge is 0.171 e. The Morgan fingerprint density at radius 2 is 1.90 bits per heavy atom. The molecule has 0 fully saturated rings. The lowest BCUT2D eigenvalue weighted by Gasteiger charge is -2.18. The van der Waals surface area contributed by atoms with Crippen molar-refractivity contribution in [3.05, 3.63) is 81.0 Å². The first-order chi connectivity index (χ1) is 14.4. The molecule has 0 saturated heterocycles. The summed E-state index contributed by atoms with van der Waals surface area (Å²) in [6.07, 6.45) is 3.55. The molecule has 0 aliphatic rings. The van der Waals surface area contributed by atoms with Crippen LogP contribution in [0.25, 0.3) is 11.6 Å². The Kier molecular flexibility index (Phi) is 9.58. The molecule has 0 aliphatic carbocycles. The molecule has 2 aromatic rings. The monoisotopic (exact) mass is 522 g/mol. The molecule has 0 heterocycles. The van der Waals surface area contributed by atoms with E-state index in [2.05, 4.69) is 29.2 Å². The van der Waals surface area contributed by atoms with Gasteiger partial charge in [-0.15, -0.1) is 0 Å². The first kappa shape index (κ1) is 24.1. The van der Waals surface area contributed by atoms with Crippen molar-refractivity contribution in [1.29, 1.82) is 0 Å². The van der Waals surface area contributed by atoms with Crippen LogP contribution >= 0.6 is 22.6 Å². The van der Waals surface area contributed by atoms with E-state index < -0.39 is 6.10 Å². The standard InChI is InChI=1S/C24H27IO5/c1-16(15-27)20(10-11-26)22(28)9-8-19(18-6-4-3-5-7-18)12-17-13-21(25)24(29)23(14-17)30-2/h3-7,10,12-14,22,26-29H,1,8-9,11,15H2,2H3/b19-12-,20-10-. The van der Waals surface area contributed by atoms with Gasteiger partial charge in [0.15, 0.2) is 11.5 Å². The number of aliphatic hydroxyl groups excluding tert-OH is 3. The fourth-order valence-electron chi connectivity index (χ4n) is 3.14. The van der Waals surface area contributed by atoms with Crippen molar-refractivity contribution in [1.82, 2.24) is 0 Å². The normalized spacial score (nSPS) is 13.2. The van der Waals surface area contributed by atoms with E-state index in [0.717, 1.165) is 16.7 Å². The van der Waals surface area contributed by atoms with Gasteiger partial charge in [0, 0.05) is 0 Å². The summed E-state index contributed by atoms with van der Waals surface area (Å²) in [7, 11) is 1.51. The fourth-order valence-corrected chi connectivity index (χ4v) is 3.76. The van der Waals surface area contributed by atoms with Gasteiger partial charge in [-0.1, -0.05) is 49.1 Å². The van der Waals surface area contributed by atoms with Crippen molar-refractivity contribution in [2.24, 2.45) is 0 Å². The molecule has 2 rings (SSSR count). The number of ether oxygens (including phenoxy) is 1. The molecule has 30 heavy (non-hydrogen) atoms. The second kappa shape index (κ2) is 11.9. The molecule has 160 valence electrons. The summed E-state index contributed by atoms with van der Waals surface area (Å²) >= 11 is 2.06. The number of aliphatic hydroxyl groups is 3. The fraction of sp³-hybridized carbons (Fsp3) is 0.250. The number of methoxy groups -OCH3 is 1. The molecular formula is C24H27IO5. The maximum atomic E-state index is 10.6. The maximum absolute atomic E-state index is 10.6. The van der Waals surface area contributed by atoms with Crippen LogP contribution in [0.2, 0.25) is 0 Å². The minimum Gasteiger partial charge on any atom is -0.504 e. The van der Waals surface area contributed by atoms with Crippen LogP contribution in [0, 0.1) is 3.57 Å². The second-order valence-electron chi connectivity index (χ2n) is 6.75. The second-order valence-corrected chi connectivity index (χ2v) is 7.91. The van der Waals surface area contributed by atoms with Gasteiger partial charge in [0.05, 0.1) is 30.0 Å². The number of halogens is 1. The van der Waals surface area contributed by atoms with Crippen LogP contribution in [0.4, 0.5) is 0 Å². The first-order valence-electron chi connectivity index (χ1n) is 9.51. The molecule has 6 heteroatoms.